The van der Waals surface area contributed by atoms with Gasteiger partial charge in [0.1, 0.15) is 0 Å². The second-order valence-electron chi connectivity index (χ2n) is 9.23. The number of nitrogens with zero attached hydrogens (tertiary/aromatic N) is 3. The third kappa shape index (κ3) is 7.78. The lowest BCUT2D eigenvalue weighted by Gasteiger charge is -2.34. The van der Waals surface area contributed by atoms with Gasteiger partial charge in [-0.1, -0.05) is 42.5 Å². The number of hydrogen-bond acceptors (Lipinski definition) is 8. The molecule has 2 aliphatic rings. The van der Waals surface area contributed by atoms with Gasteiger partial charge in [-0.15, -0.1) is 0 Å². The first-order valence-corrected chi connectivity index (χ1v) is 13.9. The molecule has 1 fully saturated rings. The average molecular weight is 531 g/mol. The average Bonchev–Trinajstić information content (AvgIpc) is 2.94. The van der Waals surface area contributed by atoms with E-state index in [1.165, 1.54) is 16.8 Å². The third-order valence-electron chi connectivity index (χ3n) is 6.89. The van der Waals surface area contributed by atoms with Crippen LogP contribution in [0.4, 0.5) is 0 Å². The lowest BCUT2D eigenvalue weighted by molar-refractivity contribution is -0.113. The maximum absolute atomic E-state index is 13.0. The smallest absolute Gasteiger partial charge is 0.243 e. The molecule has 9 nitrogen and oxygen atoms in total. The summed E-state index contributed by atoms with van der Waals surface area (Å²) >= 11 is 0. The van der Waals surface area contributed by atoms with E-state index in [1.807, 2.05) is 12.1 Å². The van der Waals surface area contributed by atoms with Crippen LogP contribution in [-0.2, 0) is 26.1 Å². The Morgan fingerprint density at radius 2 is 1.49 bits per heavy atom. The van der Waals surface area contributed by atoms with E-state index in [4.69, 9.17) is 9.94 Å². The van der Waals surface area contributed by atoms with E-state index in [9.17, 15) is 13.2 Å². The number of ether oxygens (including phenoxy) is 1. The number of piperazine rings is 1. The molecule has 0 aromatic heterocycles. The summed E-state index contributed by atoms with van der Waals surface area (Å²) in [5.74, 6) is 3.51. The highest BCUT2D eigenvalue weighted by Gasteiger charge is 2.27. The number of rotatable bonds is 9. The second-order valence-corrected chi connectivity index (χ2v) is 11.2. The van der Waals surface area contributed by atoms with Gasteiger partial charge in [-0.2, -0.15) is 4.31 Å². The molecule has 4 rings (SSSR count). The zero-order chi connectivity index (χ0) is 26.8. The summed E-state index contributed by atoms with van der Waals surface area (Å²) in [6, 6.07) is 15.6. The van der Waals surface area contributed by atoms with Gasteiger partial charge in [0.25, 0.3) is 0 Å². The van der Waals surface area contributed by atoms with Crippen LogP contribution >= 0.6 is 0 Å². The fraction of sp³-hybridized carbons (Fsp3) is 0.444. The quantitative estimate of drug-likeness (QED) is 0.475. The molecule has 202 valence electrons. The summed E-state index contributed by atoms with van der Waals surface area (Å²) in [5, 5.41) is 6.50. The fourth-order valence-electron chi connectivity index (χ4n) is 4.61. The lowest BCUT2D eigenvalue weighted by Crippen LogP contribution is -2.46. The van der Waals surface area contributed by atoms with Crippen molar-refractivity contribution in [3.8, 4) is 11.1 Å². The first-order chi connectivity index (χ1) is 17.9. The molecule has 3 N–H and O–H groups in total. The first kappa shape index (κ1) is 29.1. The minimum Gasteiger partial charge on any atom is -0.383 e. The third-order valence-corrected chi connectivity index (χ3v) is 8.77. The molecule has 1 saturated heterocycles. The SMILES string of the molecule is COCCN1CCN(Cc2ccc(-c3ccc(S(=O)(=O)N4CC=C(C(C)=O)CC4)cc3)cc2)CC1.NO. The topological polar surface area (TPSA) is 116 Å². The Balaban J connectivity index is 0.00000186. The van der Waals surface area contributed by atoms with Crippen LogP contribution in [0.2, 0.25) is 0 Å². The summed E-state index contributed by atoms with van der Waals surface area (Å²) in [6.45, 7) is 9.07. The molecule has 0 amide bonds. The largest absolute Gasteiger partial charge is 0.383 e. The number of benzene rings is 2. The van der Waals surface area contributed by atoms with Gasteiger partial charge in [-0.3, -0.25) is 14.6 Å². The van der Waals surface area contributed by atoms with Crippen molar-refractivity contribution >= 4 is 15.8 Å². The molecule has 10 heteroatoms. The molecule has 0 bridgehead atoms. The number of carbonyl (C=O) groups excluding carboxylic acids is 1. The Morgan fingerprint density at radius 1 is 0.919 bits per heavy atom. The Bertz CT molecular complexity index is 1140. The lowest BCUT2D eigenvalue weighted by atomic mass is 10.0. The van der Waals surface area contributed by atoms with Crippen LogP contribution in [-0.4, -0.2) is 93.0 Å². The molecule has 0 spiro atoms. The van der Waals surface area contributed by atoms with E-state index in [2.05, 4.69) is 40.0 Å². The van der Waals surface area contributed by atoms with Crippen LogP contribution in [0.5, 0.6) is 0 Å². The number of ketones is 1. The van der Waals surface area contributed by atoms with Crippen molar-refractivity contribution in [3.05, 3.63) is 65.7 Å². The normalized spacial score (nSPS) is 17.6. The number of sulfonamides is 1. The van der Waals surface area contributed by atoms with Gasteiger partial charge in [0.2, 0.25) is 10.0 Å². The molecule has 2 aliphatic heterocycles. The zero-order valence-electron chi connectivity index (χ0n) is 21.7. The monoisotopic (exact) mass is 530 g/mol. The Labute approximate surface area is 220 Å². The molecule has 2 aromatic carbocycles. The Hall–Kier alpha value is -2.44. The summed E-state index contributed by atoms with van der Waals surface area (Å²) in [7, 11) is -1.83. The van der Waals surface area contributed by atoms with E-state index >= 15 is 0 Å². The standard InChI is InChI=1S/C27H35N3O4S.H3NO/c1-22(31)24-11-13-30(14-12-24)35(32,33)27-9-7-26(8-10-27)25-5-3-23(4-6-25)21-29-17-15-28(16-18-29)19-20-34-2;1-2/h3-11H,12-21H2,1-2H3;2H,1H2. The van der Waals surface area contributed by atoms with E-state index in [0.717, 1.165) is 57.0 Å². The highest BCUT2D eigenvalue weighted by Crippen LogP contribution is 2.25. The van der Waals surface area contributed by atoms with Crippen molar-refractivity contribution < 1.29 is 23.2 Å². The maximum Gasteiger partial charge on any atom is 0.243 e. The van der Waals surface area contributed by atoms with Crippen molar-refractivity contribution in [3.63, 3.8) is 0 Å². The number of Topliss-reactive ketones (excluding diaryl/α,β-unsaturated/α-hetero) is 1. The molecular formula is C27H38N4O5S. The van der Waals surface area contributed by atoms with Crippen molar-refractivity contribution in [2.24, 2.45) is 5.90 Å². The summed E-state index contributed by atoms with van der Waals surface area (Å²) in [4.78, 5) is 16.7. The van der Waals surface area contributed by atoms with Crippen LogP contribution in [0.3, 0.4) is 0 Å². The number of methoxy groups -OCH3 is 1. The first-order valence-electron chi connectivity index (χ1n) is 12.5. The van der Waals surface area contributed by atoms with Crippen LogP contribution in [0.1, 0.15) is 18.9 Å². The maximum atomic E-state index is 13.0. The van der Waals surface area contributed by atoms with Gasteiger partial charge >= 0.3 is 0 Å². The molecule has 37 heavy (non-hydrogen) atoms. The molecule has 0 radical (unpaired) electrons. The van der Waals surface area contributed by atoms with Gasteiger partial charge in [0, 0.05) is 59.5 Å². The van der Waals surface area contributed by atoms with E-state index < -0.39 is 10.0 Å². The minimum absolute atomic E-state index is 0.0120. The zero-order valence-corrected chi connectivity index (χ0v) is 22.5. The van der Waals surface area contributed by atoms with Gasteiger partial charge in [-0.05, 0) is 47.7 Å². The van der Waals surface area contributed by atoms with Crippen LogP contribution in [0.25, 0.3) is 11.1 Å². The van der Waals surface area contributed by atoms with Crippen molar-refractivity contribution in [2.75, 3.05) is 59.5 Å². The highest BCUT2D eigenvalue weighted by atomic mass is 32.2. The molecular weight excluding hydrogens is 492 g/mol. The minimum atomic E-state index is -3.58. The van der Waals surface area contributed by atoms with Crippen LogP contribution < -0.4 is 5.90 Å². The van der Waals surface area contributed by atoms with Gasteiger partial charge < -0.3 is 9.94 Å². The number of hydrogen-bond donors (Lipinski definition) is 2. The Morgan fingerprint density at radius 3 is 2.00 bits per heavy atom. The molecule has 2 heterocycles. The molecule has 0 unspecified atom stereocenters. The molecule has 0 aliphatic carbocycles. The van der Waals surface area contributed by atoms with E-state index in [-0.39, 0.29) is 17.2 Å². The Kier molecular flexibility index (Phi) is 11.0. The van der Waals surface area contributed by atoms with Crippen molar-refractivity contribution in [2.45, 2.75) is 24.8 Å². The fourth-order valence-corrected chi connectivity index (χ4v) is 5.99. The highest BCUT2D eigenvalue weighted by molar-refractivity contribution is 7.89. The number of carbonyl (C=O) groups is 1. The second kappa shape index (κ2) is 13.9. The van der Waals surface area contributed by atoms with Gasteiger partial charge in [0.15, 0.2) is 5.78 Å². The van der Waals surface area contributed by atoms with E-state index in [1.54, 1.807) is 25.3 Å². The van der Waals surface area contributed by atoms with Crippen LogP contribution in [0, 0.1) is 0 Å². The van der Waals surface area contributed by atoms with Crippen molar-refractivity contribution in [1.29, 1.82) is 0 Å². The molecule has 0 saturated carbocycles. The van der Waals surface area contributed by atoms with E-state index in [0.29, 0.717) is 18.5 Å². The summed E-state index contributed by atoms with van der Waals surface area (Å²) in [5.41, 5.74) is 4.04. The summed E-state index contributed by atoms with van der Waals surface area (Å²) in [6.07, 6.45) is 2.18. The predicted molar refractivity (Wildman–Crippen MR) is 144 cm³/mol. The van der Waals surface area contributed by atoms with Gasteiger partial charge in [0.05, 0.1) is 11.5 Å². The molecule has 2 aromatic rings. The van der Waals surface area contributed by atoms with Crippen LogP contribution in [0.15, 0.2) is 65.1 Å². The summed E-state index contributed by atoms with van der Waals surface area (Å²) < 4.78 is 32.6. The van der Waals surface area contributed by atoms with Crippen molar-refractivity contribution in [1.82, 2.24) is 14.1 Å². The van der Waals surface area contributed by atoms with Gasteiger partial charge in [-0.25, -0.2) is 14.3 Å². The molecule has 0 atom stereocenters. The predicted octanol–water partition coefficient (Wildman–Crippen LogP) is 2.36. The number of nitrogens with two attached hydrogens (primary N) is 1.